The van der Waals surface area contributed by atoms with E-state index in [4.69, 9.17) is 19.9 Å². The molecule has 0 bridgehead atoms. The second-order valence-electron chi connectivity index (χ2n) is 8.14. The molecule has 4 rings (SSSR count). The first-order valence-corrected chi connectivity index (χ1v) is 11.4. The third kappa shape index (κ3) is 6.36. The molecule has 4 N–H and O–H groups in total. The number of benzene rings is 2. The maximum absolute atomic E-state index is 12.2. The van der Waals surface area contributed by atoms with Gasteiger partial charge in [-0.25, -0.2) is 9.97 Å². The number of fused-ring (bicyclic) bond motifs is 1. The van der Waals surface area contributed by atoms with Crippen molar-refractivity contribution in [1.29, 1.82) is 0 Å². The highest BCUT2D eigenvalue weighted by Crippen LogP contribution is 2.32. The SMILES string of the molecule is COC[C@H](C)Oc1cc(Oc2ccc(C(=O)NCCC(N)=O)cc2)cc(-c2nc3ncccc3[nH]2)c1. The van der Waals surface area contributed by atoms with Crippen LogP contribution in [0.25, 0.3) is 22.6 Å². The summed E-state index contributed by atoms with van der Waals surface area (Å²) in [4.78, 5) is 35.2. The third-order valence-corrected chi connectivity index (χ3v) is 5.16. The number of H-pyrrole nitrogens is 1. The highest BCUT2D eigenvalue weighted by atomic mass is 16.5. The Balaban J connectivity index is 1.56. The number of primary amides is 1. The molecule has 0 unspecified atom stereocenters. The quantitative estimate of drug-likeness (QED) is 0.293. The predicted molar refractivity (Wildman–Crippen MR) is 134 cm³/mol. The minimum Gasteiger partial charge on any atom is -0.488 e. The number of hydrogen-bond acceptors (Lipinski definition) is 7. The molecule has 36 heavy (non-hydrogen) atoms. The minimum absolute atomic E-state index is 0.0813. The summed E-state index contributed by atoms with van der Waals surface area (Å²) >= 11 is 0. The van der Waals surface area contributed by atoms with Gasteiger partial charge in [0.1, 0.15) is 29.2 Å². The number of pyridine rings is 1. The van der Waals surface area contributed by atoms with Gasteiger partial charge in [-0.1, -0.05) is 0 Å². The summed E-state index contributed by atoms with van der Waals surface area (Å²) in [5.41, 5.74) is 7.72. The van der Waals surface area contributed by atoms with Gasteiger partial charge >= 0.3 is 0 Å². The van der Waals surface area contributed by atoms with Gasteiger partial charge in [0.2, 0.25) is 5.91 Å². The van der Waals surface area contributed by atoms with Crippen molar-refractivity contribution in [2.75, 3.05) is 20.3 Å². The Labute approximate surface area is 207 Å². The Morgan fingerprint density at radius 1 is 1.08 bits per heavy atom. The second-order valence-corrected chi connectivity index (χ2v) is 8.14. The molecular weight excluding hydrogens is 462 g/mol. The van der Waals surface area contributed by atoms with Crippen molar-refractivity contribution in [2.45, 2.75) is 19.4 Å². The van der Waals surface area contributed by atoms with E-state index < -0.39 is 5.91 Å². The number of hydrogen-bond donors (Lipinski definition) is 3. The van der Waals surface area contributed by atoms with Crippen LogP contribution in [0.15, 0.2) is 60.8 Å². The van der Waals surface area contributed by atoms with Crippen molar-refractivity contribution in [3.63, 3.8) is 0 Å². The van der Waals surface area contributed by atoms with E-state index in [2.05, 4.69) is 20.3 Å². The van der Waals surface area contributed by atoms with E-state index in [0.717, 1.165) is 11.1 Å². The largest absolute Gasteiger partial charge is 0.488 e. The molecule has 0 saturated carbocycles. The lowest BCUT2D eigenvalue weighted by Crippen LogP contribution is -2.27. The average molecular weight is 490 g/mol. The number of methoxy groups -OCH3 is 1. The van der Waals surface area contributed by atoms with Crippen LogP contribution in [0.3, 0.4) is 0 Å². The Morgan fingerprint density at radius 3 is 2.58 bits per heavy atom. The fourth-order valence-corrected chi connectivity index (χ4v) is 3.53. The lowest BCUT2D eigenvalue weighted by molar-refractivity contribution is -0.117. The summed E-state index contributed by atoms with van der Waals surface area (Å²) in [6.07, 6.45) is 1.59. The molecule has 10 heteroatoms. The fraction of sp³-hybridized carbons (Fsp3) is 0.231. The van der Waals surface area contributed by atoms with Gasteiger partial charge in [-0.2, -0.15) is 0 Å². The fourth-order valence-electron chi connectivity index (χ4n) is 3.53. The number of nitrogens with two attached hydrogens (primary N) is 1. The molecule has 0 aliphatic rings. The lowest BCUT2D eigenvalue weighted by Gasteiger charge is -2.16. The normalized spacial score (nSPS) is 11.7. The van der Waals surface area contributed by atoms with Crippen LogP contribution in [-0.2, 0) is 9.53 Å². The molecule has 2 aromatic carbocycles. The summed E-state index contributed by atoms with van der Waals surface area (Å²) in [6, 6.07) is 15.9. The van der Waals surface area contributed by atoms with Crippen molar-refractivity contribution in [1.82, 2.24) is 20.3 Å². The smallest absolute Gasteiger partial charge is 0.251 e. The number of aromatic amines is 1. The number of aromatic nitrogens is 3. The maximum Gasteiger partial charge on any atom is 0.251 e. The summed E-state index contributed by atoms with van der Waals surface area (Å²) < 4.78 is 17.3. The van der Waals surface area contributed by atoms with Crippen LogP contribution in [-0.4, -0.2) is 53.1 Å². The number of amides is 2. The molecule has 10 nitrogen and oxygen atoms in total. The number of imidazole rings is 1. The molecule has 2 heterocycles. The molecule has 1 atom stereocenters. The number of rotatable bonds is 11. The molecule has 4 aromatic rings. The number of nitrogens with one attached hydrogen (secondary N) is 2. The Kier molecular flexibility index (Phi) is 7.76. The van der Waals surface area contributed by atoms with Crippen LogP contribution in [0.2, 0.25) is 0 Å². The van der Waals surface area contributed by atoms with E-state index in [9.17, 15) is 9.59 Å². The number of ether oxygens (including phenoxy) is 3. The van der Waals surface area contributed by atoms with Gasteiger partial charge in [0.25, 0.3) is 5.91 Å². The first-order valence-electron chi connectivity index (χ1n) is 11.4. The molecule has 2 aromatic heterocycles. The maximum atomic E-state index is 12.2. The van der Waals surface area contributed by atoms with Gasteiger partial charge in [-0.05, 0) is 55.5 Å². The van der Waals surface area contributed by atoms with Crippen LogP contribution in [0, 0.1) is 0 Å². The first kappa shape index (κ1) is 24.7. The van der Waals surface area contributed by atoms with Crippen LogP contribution < -0.4 is 20.5 Å². The topological polar surface area (TPSA) is 141 Å². The van der Waals surface area contributed by atoms with Crippen LogP contribution >= 0.6 is 0 Å². The van der Waals surface area contributed by atoms with Crippen LogP contribution in [0.5, 0.6) is 17.2 Å². The summed E-state index contributed by atoms with van der Waals surface area (Å²) in [7, 11) is 1.62. The third-order valence-electron chi connectivity index (χ3n) is 5.16. The summed E-state index contributed by atoms with van der Waals surface area (Å²) in [5, 5.41) is 2.65. The number of carbonyl (C=O) groups excluding carboxylic acids is 2. The van der Waals surface area contributed by atoms with Crippen molar-refractivity contribution in [3.05, 3.63) is 66.4 Å². The Hall–Kier alpha value is -4.44. The van der Waals surface area contributed by atoms with E-state index in [1.807, 2.05) is 31.2 Å². The molecule has 0 radical (unpaired) electrons. The van der Waals surface area contributed by atoms with E-state index in [0.29, 0.717) is 40.9 Å². The highest BCUT2D eigenvalue weighted by molar-refractivity contribution is 5.94. The predicted octanol–water partition coefficient (Wildman–Crippen LogP) is 3.44. The van der Waals surface area contributed by atoms with E-state index in [1.165, 1.54) is 0 Å². The van der Waals surface area contributed by atoms with Crippen molar-refractivity contribution in [2.24, 2.45) is 5.73 Å². The molecule has 0 saturated heterocycles. The molecule has 186 valence electrons. The lowest BCUT2D eigenvalue weighted by atomic mass is 10.1. The van der Waals surface area contributed by atoms with E-state index in [-0.39, 0.29) is 25.0 Å². The van der Waals surface area contributed by atoms with Gasteiger partial charge in [0, 0.05) is 43.5 Å². The molecule has 0 fully saturated rings. The molecular formula is C26H27N5O5. The van der Waals surface area contributed by atoms with Crippen molar-refractivity contribution >= 4 is 23.0 Å². The van der Waals surface area contributed by atoms with Gasteiger partial charge in [0.15, 0.2) is 5.65 Å². The van der Waals surface area contributed by atoms with Gasteiger partial charge in [-0.15, -0.1) is 0 Å². The second kappa shape index (κ2) is 11.3. The zero-order valence-corrected chi connectivity index (χ0v) is 20.0. The Morgan fingerprint density at radius 2 is 1.86 bits per heavy atom. The zero-order chi connectivity index (χ0) is 25.5. The van der Waals surface area contributed by atoms with E-state index >= 15 is 0 Å². The minimum atomic E-state index is -0.472. The molecule has 0 aliphatic carbocycles. The van der Waals surface area contributed by atoms with Gasteiger partial charge < -0.3 is 30.2 Å². The monoisotopic (exact) mass is 489 g/mol. The first-order chi connectivity index (χ1) is 17.4. The van der Waals surface area contributed by atoms with Crippen molar-refractivity contribution < 1.29 is 23.8 Å². The highest BCUT2D eigenvalue weighted by Gasteiger charge is 2.13. The molecule has 0 spiro atoms. The van der Waals surface area contributed by atoms with Crippen molar-refractivity contribution in [3.8, 4) is 28.6 Å². The number of carbonyl (C=O) groups is 2. The van der Waals surface area contributed by atoms with Crippen LogP contribution in [0.4, 0.5) is 0 Å². The summed E-state index contributed by atoms with van der Waals surface area (Å²) in [5.74, 6) is 1.50. The van der Waals surface area contributed by atoms with Crippen LogP contribution in [0.1, 0.15) is 23.7 Å². The Bertz CT molecular complexity index is 1320. The van der Waals surface area contributed by atoms with Gasteiger partial charge in [-0.3, -0.25) is 9.59 Å². The summed E-state index contributed by atoms with van der Waals surface area (Å²) in [6.45, 7) is 2.52. The van der Waals surface area contributed by atoms with Gasteiger partial charge in [0.05, 0.1) is 12.1 Å². The molecule has 2 amide bonds. The average Bonchev–Trinajstić information content (AvgIpc) is 3.29. The standard InChI is InChI=1S/C26H27N5O5/c1-16(15-34-2)35-20-12-18(24-30-22-4-3-10-28-25(22)31-24)13-21(14-20)36-19-7-5-17(6-8-19)26(33)29-11-9-23(27)32/h3-8,10,12-14,16H,9,11,15H2,1-2H3,(H2,27,32)(H,29,33)(H,28,30,31)/t16-/m0/s1. The molecule has 0 aliphatic heterocycles. The zero-order valence-electron chi connectivity index (χ0n) is 20.0. The number of nitrogens with zero attached hydrogens (tertiary/aromatic N) is 2. The van der Waals surface area contributed by atoms with E-state index in [1.54, 1.807) is 43.6 Å².